The highest BCUT2D eigenvalue weighted by Crippen LogP contribution is 2.25. The van der Waals surface area contributed by atoms with Gasteiger partial charge in [-0.25, -0.2) is 0 Å². The first-order chi connectivity index (χ1) is 15.9. The number of Topliss-reactive ketones (excluding diaryl/α,β-unsaturated/α-hetero) is 1. The van der Waals surface area contributed by atoms with E-state index in [0.29, 0.717) is 28.8 Å². The number of hydrogen-bond acceptors (Lipinski definition) is 6. The second kappa shape index (κ2) is 11.5. The van der Waals surface area contributed by atoms with Gasteiger partial charge in [-0.3, -0.25) is 14.2 Å². The Hall–Kier alpha value is -3.39. The predicted molar refractivity (Wildman–Crippen MR) is 131 cm³/mol. The van der Waals surface area contributed by atoms with Gasteiger partial charge in [0, 0.05) is 17.8 Å². The van der Waals surface area contributed by atoms with Gasteiger partial charge in [-0.2, -0.15) is 0 Å². The van der Waals surface area contributed by atoms with Crippen molar-refractivity contribution >= 4 is 29.1 Å². The average molecular weight is 465 g/mol. The van der Waals surface area contributed by atoms with Gasteiger partial charge in [-0.15, -0.1) is 16.8 Å². The van der Waals surface area contributed by atoms with Gasteiger partial charge in [0.05, 0.1) is 5.75 Å². The van der Waals surface area contributed by atoms with Crippen molar-refractivity contribution < 1.29 is 14.3 Å². The number of aryl methyl sites for hydroxylation is 1. The molecule has 1 heterocycles. The fraction of sp³-hybridized carbons (Fsp3) is 0.280. The first kappa shape index (κ1) is 24.3. The van der Waals surface area contributed by atoms with Crippen LogP contribution in [-0.4, -0.2) is 32.2 Å². The molecule has 1 aromatic heterocycles. The van der Waals surface area contributed by atoms with Crippen LogP contribution in [-0.2, 0) is 17.8 Å². The number of ether oxygens (including phenoxy) is 1. The van der Waals surface area contributed by atoms with Crippen molar-refractivity contribution in [2.45, 2.75) is 45.0 Å². The van der Waals surface area contributed by atoms with Crippen LogP contribution in [0.5, 0.6) is 5.75 Å². The Morgan fingerprint density at radius 3 is 2.64 bits per heavy atom. The molecule has 3 aromatic rings. The molecular formula is C25H28N4O3S. The van der Waals surface area contributed by atoms with Crippen molar-refractivity contribution in [2.75, 3.05) is 11.1 Å². The molecule has 172 valence electrons. The largest absolute Gasteiger partial charge is 0.483 e. The molecule has 0 saturated carbocycles. The molecule has 0 aliphatic rings. The molecule has 2 aromatic carbocycles. The third-order valence-electron chi connectivity index (χ3n) is 4.95. The molecule has 0 fully saturated rings. The minimum absolute atomic E-state index is 0.0526. The van der Waals surface area contributed by atoms with E-state index in [9.17, 15) is 9.59 Å². The number of carbonyl (C=O) groups is 2. The second-order valence-corrected chi connectivity index (χ2v) is 8.41. The Bertz CT molecular complexity index is 1120. The number of nitrogens with one attached hydrogen (secondary N) is 1. The van der Waals surface area contributed by atoms with E-state index in [0.717, 1.165) is 12.2 Å². The minimum atomic E-state index is -0.331. The van der Waals surface area contributed by atoms with Gasteiger partial charge in [0.25, 0.3) is 0 Å². The molecule has 0 spiro atoms. The summed E-state index contributed by atoms with van der Waals surface area (Å²) in [5.74, 6) is 1.31. The van der Waals surface area contributed by atoms with Gasteiger partial charge in [0.2, 0.25) is 5.91 Å². The zero-order valence-electron chi connectivity index (χ0n) is 19.1. The van der Waals surface area contributed by atoms with Gasteiger partial charge in [0.1, 0.15) is 5.75 Å². The highest BCUT2D eigenvalue weighted by molar-refractivity contribution is 7.99. The van der Waals surface area contributed by atoms with Crippen molar-refractivity contribution in [3.05, 3.63) is 78.1 Å². The monoisotopic (exact) mass is 464 g/mol. The van der Waals surface area contributed by atoms with Crippen LogP contribution < -0.4 is 10.1 Å². The minimum Gasteiger partial charge on any atom is -0.483 e. The molecule has 8 heteroatoms. The Balaban J connectivity index is 1.65. The van der Waals surface area contributed by atoms with Crippen LogP contribution in [0.1, 0.15) is 48.6 Å². The molecule has 0 aliphatic carbocycles. The molecule has 0 radical (unpaired) electrons. The van der Waals surface area contributed by atoms with Crippen LogP contribution in [0.2, 0.25) is 0 Å². The SMILES string of the molecule is C=CCn1c(SCC(=O)Nc2cccc(C(C)=O)c2)nnc1C(C)Oc1ccc(CC)cc1. The summed E-state index contributed by atoms with van der Waals surface area (Å²) in [6, 6.07) is 14.9. The van der Waals surface area contributed by atoms with Crippen LogP contribution in [0.15, 0.2) is 66.3 Å². The number of rotatable bonds is 11. The molecule has 1 unspecified atom stereocenters. The van der Waals surface area contributed by atoms with Crippen LogP contribution in [0.3, 0.4) is 0 Å². The Morgan fingerprint density at radius 2 is 1.97 bits per heavy atom. The summed E-state index contributed by atoms with van der Waals surface area (Å²) >= 11 is 1.28. The molecule has 1 N–H and O–H groups in total. The van der Waals surface area contributed by atoms with E-state index in [-0.39, 0.29) is 23.5 Å². The first-order valence-corrected chi connectivity index (χ1v) is 11.7. The van der Waals surface area contributed by atoms with Crippen molar-refractivity contribution in [2.24, 2.45) is 0 Å². The van der Waals surface area contributed by atoms with Crippen molar-refractivity contribution in [3.63, 3.8) is 0 Å². The maximum atomic E-state index is 12.5. The maximum Gasteiger partial charge on any atom is 0.234 e. The van der Waals surface area contributed by atoms with E-state index >= 15 is 0 Å². The van der Waals surface area contributed by atoms with Gasteiger partial charge >= 0.3 is 0 Å². The van der Waals surface area contributed by atoms with E-state index in [1.165, 1.54) is 24.2 Å². The van der Waals surface area contributed by atoms with Crippen LogP contribution >= 0.6 is 11.8 Å². The summed E-state index contributed by atoms with van der Waals surface area (Å²) in [7, 11) is 0. The summed E-state index contributed by atoms with van der Waals surface area (Å²) in [5.41, 5.74) is 2.38. The molecule has 33 heavy (non-hydrogen) atoms. The number of hydrogen-bond donors (Lipinski definition) is 1. The van der Waals surface area contributed by atoms with Gasteiger partial charge < -0.3 is 10.1 Å². The van der Waals surface area contributed by atoms with Crippen molar-refractivity contribution in [1.29, 1.82) is 0 Å². The summed E-state index contributed by atoms with van der Waals surface area (Å²) < 4.78 is 7.96. The molecule has 7 nitrogen and oxygen atoms in total. The molecule has 0 saturated heterocycles. The van der Waals surface area contributed by atoms with Crippen molar-refractivity contribution in [3.8, 4) is 5.75 Å². The van der Waals surface area contributed by atoms with E-state index < -0.39 is 0 Å². The summed E-state index contributed by atoms with van der Waals surface area (Å²) in [5, 5.41) is 12.0. The van der Waals surface area contributed by atoms with Crippen molar-refractivity contribution in [1.82, 2.24) is 14.8 Å². The second-order valence-electron chi connectivity index (χ2n) is 7.47. The number of allylic oxidation sites excluding steroid dienone is 1. The van der Waals surface area contributed by atoms with E-state index in [1.807, 2.05) is 35.8 Å². The number of thioether (sulfide) groups is 1. The van der Waals surface area contributed by atoms with Crippen LogP contribution in [0.4, 0.5) is 5.69 Å². The number of ketones is 1. The molecule has 1 amide bonds. The molecule has 0 bridgehead atoms. The first-order valence-electron chi connectivity index (χ1n) is 10.7. The summed E-state index contributed by atoms with van der Waals surface area (Å²) in [6.07, 6.45) is 2.40. The molecule has 0 aliphatic heterocycles. The number of nitrogens with zero attached hydrogens (tertiary/aromatic N) is 3. The molecule has 3 rings (SSSR count). The predicted octanol–water partition coefficient (Wildman–Crippen LogP) is 5.10. The van der Waals surface area contributed by atoms with E-state index in [4.69, 9.17) is 4.74 Å². The lowest BCUT2D eigenvalue weighted by atomic mass is 10.1. The molecule has 1 atom stereocenters. The smallest absolute Gasteiger partial charge is 0.234 e. The van der Waals surface area contributed by atoms with Gasteiger partial charge in [0.15, 0.2) is 22.9 Å². The number of anilines is 1. The molecular weight excluding hydrogens is 436 g/mol. The third kappa shape index (κ3) is 6.55. The number of amides is 1. The standard InChI is InChI=1S/C25H28N4O3S/c1-5-14-29-24(18(4)32-22-12-10-19(6-2)11-13-22)27-28-25(29)33-16-23(31)26-21-9-7-8-20(15-21)17(3)30/h5,7-13,15,18H,1,6,14,16H2,2-4H3,(H,26,31). The zero-order chi connectivity index (χ0) is 23.8. The maximum absolute atomic E-state index is 12.5. The van der Waals surface area contributed by atoms with Gasteiger partial charge in [-0.05, 0) is 50.1 Å². The van der Waals surface area contributed by atoms with Gasteiger partial charge in [-0.1, -0.05) is 49.0 Å². The quantitative estimate of drug-likeness (QED) is 0.241. The van der Waals surface area contributed by atoms with Crippen LogP contribution in [0, 0.1) is 0 Å². The average Bonchev–Trinajstić information content (AvgIpc) is 3.21. The van der Waals surface area contributed by atoms with Crippen LogP contribution in [0.25, 0.3) is 0 Å². The Labute approximate surface area is 198 Å². The lowest BCUT2D eigenvalue weighted by Crippen LogP contribution is -2.16. The summed E-state index contributed by atoms with van der Waals surface area (Å²) in [6.45, 7) is 9.83. The topological polar surface area (TPSA) is 86.1 Å². The number of benzene rings is 2. The normalized spacial score (nSPS) is 11.6. The lowest BCUT2D eigenvalue weighted by Gasteiger charge is -2.16. The lowest BCUT2D eigenvalue weighted by molar-refractivity contribution is -0.113. The van der Waals surface area contributed by atoms with E-state index in [2.05, 4.69) is 29.0 Å². The number of aromatic nitrogens is 3. The fourth-order valence-corrected chi connectivity index (χ4v) is 3.97. The fourth-order valence-electron chi connectivity index (χ4n) is 3.21. The Kier molecular flexibility index (Phi) is 8.43. The highest BCUT2D eigenvalue weighted by atomic mass is 32.2. The summed E-state index contributed by atoms with van der Waals surface area (Å²) in [4.78, 5) is 24.0. The third-order valence-corrected chi connectivity index (χ3v) is 5.92. The highest BCUT2D eigenvalue weighted by Gasteiger charge is 2.20. The number of carbonyl (C=O) groups excluding carboxylic acids is 2. The zero-order valence-corrected chi connectivity index (χ0v) is 19.9. The Morgan fingerprint density at radius 1 is 1.21 bits per heavy atom. The van der Waals surface area contributed by atoms with E-state index in [1.54, 1.807) is 30.3 Å².